The maximum Gasteiger partial charge on any atom is 0.325 e. The van der Waals surface area contributed by atoms with E-state index in [9.17, 15) is 9.18 Å². The molecule has 0 unspecified atom stereocenters. The van der Waals surface area contributed by atoms with Gasteiger partial charge < -0.3 is 5.32 Å². The first-order valence-corrected chi connectivity index (χ1v) is 9.79. The number of aromatic nitrogens is 2. The average molecular weight is 429 g/mol. The number of halogens is 3. The van der Waals surface area contributed by atoms with Crippen molar-refractivity contribution in [2.45, 2.75) is 10.1 Å². The van der Waals surface area contributed by atoms with E-state index in [2.05, 4.69) is 20.8 Å². The molecule has 3 rings (SSSR count). The van der Waals surface area contributed by atoms with Crippen LogP contribution in [0.15, 0.2) is 46.8 Å². The normalized spacial score (nSPS) is 10.6. The van der Waals surface area contributed by atoms with Crippen molar-refractivity contribution in [3.05, 3.63) is 63.9 Å². The number of nitrogens with one attached hydrogen (secondary N) is 2. The number of urea groups is 1. The minimum atomic E-state index is -0.486. The van der Waals surface area contributed by atoms with Crippen LogP contribution in [-0.4, -0.2) is 16.2 Å². The van der Waals surface area contributed by atoms with E-state index in [4.69, 9.17) is 23.2 Å². The van der Waals surface area contributed by atoms with Gasteiger partial charge in [0.05, 0.1) is 10.7 Å². The van der Waals surface area contributed by atoms with Crippen LogP contribution >= 0.6 is 46.3 Å². The van der Waals surface area contributed by atoms with E-state index in [0.29, 0.717) is 31.0 Å². The number of thioether (sulfide) groups is 1. The first-order valence-electron chi connectivity index (χ1n) is 7.23. The highest BCUT2D eigenvalue weighted by Crippen LogP contribution is 2.29. The molecule has 134 valence electrons. The summed E-state index contributed by atoms with van der Waals surface area (Å²) in [4.78, 5) is 12.0. The number of carbonyl (C=O) groups is 1. The second kappa shape index (κ2) is 8.68. The van der Waals surface area contributed by atoms with Crippen molar-refractivity contribution in [2.75, 3.05) is 10.6 Å². The van der Waals surface area contributed by atoms with Crippen LogP contribution in [0.4, 0.5) is 20.0 Å². The summed E-state index contributed by atoms with van der Waals surface area (Å²) in [5, 5.41) is 14.3. The van der Waals surface area contributed by atoms with Gasteiger partial charge in [-0.05, 0) is 35.9 Å². The van der Waals surface area contributed by atoms with Gasteiger partial charge in [-0.1, -0.05) is 58.4 Å². The van der Waals surface area contributed by atoms with Crippen LogP contribution < -0.4 is 10.6 Å². The fourth-order valence-electron chi connectivity index (χ4n) is 1.89. The Morgan fingerprint density at radius 2 is 1.88 bits per heavy atom. The van der Waals surface area contributed by atoms with E-state index in [0.717, 1.165) is 5.56 Å². The van der Waals surface area contributed by atoms with Crippen molar-refractivity contribution in [1.29, 1.82) is 0 Å². The molecule has 0 saturated carbocycles. The Labute approximate surface area is 166 Å². The molecule has 2 amide bonds. The minimum Gasteiger partial charge on any atom is -0.306 e. The number of amides is 2. The molecule has 0 aliphatic heterocycles. The van der Waals surface area contributed by atoms with Crippen molar-refractivity contribution in [2.24, 2.45) is 0 Å². The molecule has 0 aliphatic rings. The summed E-state index contributed by atoms with van der Waals surface area (Å²) < 4.78 is 13.6. The smallest absolute Gasteiger partial charge is 0.306 e. The minimum absolute atomic E-state index is 0.270. The van der Waals surface area contributed by atoms with Crippen molar-refractivity contribution >= 4 is 63.2 Å². The lowest BCUT2D eigenvalue weighted by atomic mass is 10.2. The number of benzene rings is 2. The van der Waals surface area contributed by atoms with E-state index in [1.807, 2.05) is 0 Å². The van der Waals surface area contributed by atoms with Crippen LogP contribution in [0.2, 0.25) is 10.0 Å². The highest BCUT2D eigenvalue weighted by molar-refractivity contribution is 8.00. The second-order valence-electron chi connectivity index (χ2n) is 4.99. The van der Waals surface area contributed by atoms with Gasteiger partial charge in [0.15, 0.2) is 4.34 Å². The van der Waals surface area contributed by atoms with Gasteiger partial charge in [-0.15, -0.1) is 10.2 Å². The molecule has 0 aliphatic carbocycles. The second-order valence-corrected chi connectivity index (χ2v) is 8.04. The molecule has 3 aromatic rings. The summed E-state index contributed by atoms with van der Waals surface area (Å²) in [6, 6.07) is 10.5. The highest BCUT2D eigenvalue weighted by atomic mass is 35.5. The number of hydrogen-bond donors (Lipinski definition) is 2. The average Bonchev–Trinajstić information content (AvgIpc) is 3.04. The Bertz CT molecular complexity index is 921. The van der Waals surface area contributed by atoms with Crippen molar-refractivity contribution < 1.29 is 9.18 Å². The number of anilines is 2. The maximum atomic E-state index is 12.9. The third-order valence-corrected chi connectivity index (χ3v) is 5.67. The first-order chi connectivity index (χ1) is 12.5. The molecule has 2 N–H and O–H groups in total. The zero-order chi connectivity index (χ0) is 18.5. The lowest BCUT2D eigenvalue weighted by Crippen LogP contribution is -2.19. The number of carbonyl (C=O) groups excluding carboxylic acids is 1. The van der Waals surface area contributed by atoms with Gasteiger partial charge in [0.2, 0.25) is 5.13 Å². The van der Waals surface area contributed by atoms with E-state index in [1.54, 1.807) is 24.3 Å². The molecule has 2 aromatic carbocycles. The zero-order valence-corrected chi connectivity index (χ0v) is 16.1. The monoisotopic (exact) mass is 428 g/mol. The van der Waals surface area contributed by atoms with Crippen LogP contribution in [0.25, 0.3) is 0 Å². The van der Waals surface area contributed by atoms with Crippen LogP contribution in [0.5, 0.6) is 0 Å². The fourth-order valence-corrected chi connectivity index (χ4v) is 4.04. The number of hydrogen-bond acceptors (Lipinski definition) is 5. The molecule has 26 heavy (non-hydrogen) atoms. The van der Waals surface area contributed by atoms with Gasteiger partial charge in [-0.25, -0.2) is 9.18 Å². The van der Waals surface area contributed by atoms with Crippen molar-refractivity contribution in [3.63, 3.8) is 0 Å². The molecule has 10 heteroatoms. The third kappa shape index (κ3) is 5.31. The Morgan fingerprint density at radius 3 is 2.62 bits per heavy atom. The first kappa shape index (κ1) is 18.9. The van der Waals surface area contributed by atoms with E-state index >= 15 is 0 Å². The molecule has 0 fully saturated rings. The maximum absolute atomic E-state index is 12.9. The number of rotatable bonds is 5. The third-order valence-electron chi connectivity index (χ3n) is 3.08. The SMILES string of the molecule is O=C(Nc1nnc(SCc2ccc(F)cc2)s1)Nc1ccc(Cl)cc1Cl. The summed E-state index contributed by atoms with van der Waals surface area (Å²) in [5.74, 6) is 0.356. The molecule has 0 bridgehead atoms. The summed E-state index contributed by atoms with van der Waals surface area (Å²) in [7, 11) is 0. The van der Waals surface area contributed by atoms with Gasteiger partial charge >= 0.3 is 6.03 Å². The molecule has 1 heterocycles. The molecule has 0 atom stereocenters. The van der Waals surface area contributed by atoms with Gasteiger partial charge in [0, 0.05) is 10.8 Å². The molecule has 1 aromatic heterocycles. The predicted octanol–water partition coefficient (Wildman–Crippen LogP) is 5.92. The van der Waals surface area contributed by atoms with Gasteiger partial charge in [0.1, 0.15) is 5.82 Å². The van der Waals surface area contributed by atoms with Gasteiger partial charge in [0.25, 0.3) is 0 Å². The molecular formula is C16H11Cl2FN4OS2. The molecular weight excluding hydrogens is 418 g/mol. The summed E-state index contributed by atoms with van der Waals surface area (Å²) in [6.07, 6.45) is 0. The predicted molar refractivity (Wildman–Crippen MR) is 105 cm³/mol. The summed E-state index contributed by atoms with van der Waals surface area (Å²) in [5.41, 5.74) is 1.40. The molecule has 0 spiro atoms. The Balaban J connectivity index is 1.54. The molecule has 5 nitrogen and oxygen atoms in total. The van der Waals surface area contributed by atoms with E-state index in [1.165, 1.54) is 41.3 Å². The topological polar surface area (TPSA) is 66.9 Å². The van der Waals surface area contributed by atoms with Crippen LogP contribution in [-0.2, 0) is 5.75 Å². The van der Waals surface area contributed by atoms with Gasteiger partial charge in [-0.2, -0.15) is 0 Å². The summed E-state index contributed by atoms with van der Waals surface area (Å²) >= 11 is 14.5. The molecule has 0 saturated heterocycles. The van der Waals surface area contributed by atoms with Gasteiger partial charge in [-0.3, -0.25) is 5.32 Å². The largest absolute Gasteiger partial charge is 0.325 e. The van der Waals surface area contributed by atoms with Crippen molar-refractivity contribution in [3.8, 4) is 0 Å². The fraction of sp³-hybridized carbons (Fsp3) is 0.0625. The van der Waals surface area contributed by atoms with Crippen LogP contribution in [0, 0.1) is 5.82 Å². The number of nitrogens with zero attached hydrogens (tertiary/aromatic N) is 2. The lowest BCUT2D eigenvalue weighted by molar-refractivity contribution is 0.262. The van der Waals surface area contributed by atoms with Crippen LogP contribution in [0.1, 0.15) is 5.56 Å². The Kier molecular flexibility index (Phi) is 6.31. The van der Waals surface area contributed by atoms with Crippen LogP contribution in [0.3, 0.4) is 0 Å². The zero-order valence-electron chi connectivity index (χ0n) is 13.0. The van der Waals surface area contributed by atoms with E-state index in [-0.39, 0.29) is 5.82 Å². The lowest BCUT2D eigenvalue weighted by Gasteiger charge is -2.07. The van der Waals surface area contributed by atoms with E-state index < -0.39 is 6.03 Å². The Morgan fingerprint density at radius 1 is 1.12 bits per heavy atom. The highest BCUT2D eigenvalue weighted by Gasteiger charge is 2.11. The Hall–Kier alpha value is -1.87. The quantitative estimate of drug-likeness (QED) is 0.390. The standard InChI is InChI=1S/C16H11Cl2FN4OS2/c17-10-3-6-13(12(18)7-10)20-14(24)21-15-22-23-16(26-15)25-8-9-1-4-11(19)5-2-9/h1-7H,8H2,(H2,20,21,22,24). The van der Waals surface area contributed by atoms with Crippen molar-refractivity contribution in [1.82, 2.24) is 10.2 Å². The molecule has 0 radical (unpaired) electrons. The summed E-state index contributed by atoms with van der Waals surface area (Å²) in [6.45, 7) is 0.